The van der Waals surface area contributed by atoms with Crippen LogP contribution in [-0.2, 0) is 11.2 Å². The van der Waals surface area contributed by atoms with Gasteiger partial charge in [0.1, 0.15) is 0 Å². The number of aryl methyl sites for hydroxylation is 1. The molecule has 0 aliphatic carbocycles. The maximum atomic E-state index is 12.8. The Morgan fingerprint density at radius 2 is 1.79 bits per heavy atom. The molecule has 24 heavy (non-hydrogen) atoms. The number of hydrazine groups is 1. The van der Waals surface area contributed by atoms with Crippen molar-refractivity contribution in [3.8, 4) is 0 Å². The van der Waals surface area contributed by atoms with Crippen LogP contribution in [0, 0.1) is 0 Å². The van der Waals surface area contributed by atoms with Crippen LogP contribution in [0.1, 0.15) is 48.2 Å². The van der Waals surface area contributed by atoms with E-state index in [4.69, 9.17) is 5.84 Å². The summed E-state index contributed by atoms with van der Waals surface area (Å²) in [5.74, 6) is 5.17. The molecule has 2 aromatic rings. The van der Waals surface area contributed by atoms with Gasteiger partial charge in [-0.1, -0.05) is 37.6 Å². The van der Waals surface area contributed by atoms with Crippen LogP contribution in [0.25, 0.3) is 0 Å². The molecule has 0 saturated heterocycles. The molecule has 4 N–H and O–H groups in total. The standard InChI is InChI=1S/C19H23N3O2/c1-3-4-5-14-6-8-15(9-7-14)19(24)17-12-16(21-13(2)23)10-11-18(17)22-20/h6-12,22H,3-5,20H2,1-2H3,(H,21,23). The van der Waals surface area contributed by atoms with Crippen molar-refractivity contribution >= 4 is 23.1 Å². The number of hydrogen-bond acceptors (Lipinski definition) is 4. The second kappa shape index (κ2) is 8.26. The number of nitrogens with two attached hydrogens (primary N) is 1. The van der Waals surface area contributed by atoms with Gasteiger partial charge in [0.05, 0.1) is 5.69 Å². The third kappa shape index (κ3) is 4.43. The molecule has 0 radical (unpaired) electrons. The molecule has 126 valence electrons. The SMILES string of the molecule is CCCCc1ccc(C(=O)c2cc(NC(C)=O)ccc2NN)cc1. The third-order valence-corrected chi connectivity index (χ3v) is 3.78. The normalized spacial score (nSPS) is 10.3. The van der Waals surface area contributed by atoms with Crippen LogP contribution in [-0.4, -0.2) is 11.7 Å². The topological polar surface area (TPSA) is 84.2 Å². The average Bonchev–Trinajstić information content (AvgIpc) is 2.59. The van der Waals surface area contributed by atoms with E-state index in [1.165, 1.54) is 12.5 Å². The Bertz CT molecular complexity index is 724. The second-order valence-electron chi connectivity index (χ2n) is 5.72. The van der Waals surface area contributed by atoms with Crippen molar-refractivity contribution in [2.45, 2.75) is 33.1 Å². The first-order valence-electron chi connectivity index (χ1n) is 8.07. The molecule has 0 spiro atoms. The van der Waals surface area contributed by atoms with E-state index in [1.54, 1.807) is 18.2 Å². The summed E-state index contributed by atoms with van der Waals surface area (Å²) in [4.78, 5) is 24.0. The molecule has 2 rings (SSSR count). The summed E-state index contributed by atoms with van der Waals surface area (Å²) in [5, 5.41) is 2.68. The zero-order chi connectivity index (χ0) is 17.5. The molecule has 0 unspecified atom stereocenters. The van der Waals surface area contributed by atoms with Crippen LogP contribution in [0.15, 0.2) is 42.5 Å². The summed E-state index contributed by atoms with van der Waals surface area (Å²) < 4.78 is 0. The number of rotatable bonds is 7. The fourth-order valence-corrected chi connectivity index (χ4v) is 2.50. The predicted molar refractivity (Wildman–Crippen MR) is 97.0 cm³/mol. The Labute approximate surface area is 142 Å². The van der Waals surface area contributed by atoms with E-state index in [2.05, 4.69) is 17.7 Å². The van der Waals surface area contributed by atoms with Gasteiger partial charge in [0.2, 0.25) is 5.91 Å². The lowest BCUT2D eigenvalue weighted by Gasteiger charge is -2.11. The third-order valence-electron chi connectivity index (χ3n) is 3.78. The van der Waals surface area contributed by atoms with Crippen LogP contribution in [0.4, 0.5) is 11.4 Å². The quantitative estimate of drug-likeness (QED) is 0.413. The number of unbranched alkanes of at least 4 members (excludes halogenated alkanes) is 1. The van der Waals surface area contributed by atoms with Gasteiger partial charge in [0.25, 0.3) is 0 Å². The highest BCUT2D eigenvalue weighted by atomic mass is 16.1. The van der Waals surface area contributed by atoms with Crippen molar-refractivity contribution in [1.29, 1.82) is 0 Å². The second-order valence-corrected chi connectivity index (χ2v) is 5.72. The molecule has 0 aromatic heterocycles. The maximum Gasteiger partial charge on any atom is 0.221 e. The number of hydrogen-bond donors (Lipinski definition) is 3. The maximum absolute atomic E-state index is 12.8. The van der Waals surface area contributed by atoms with Crippen molar-refractivity contribution in [3.63, 3.8) is 0 Å². The van der Waals surface area contributed by atoms with Crippen molar-refractivity contribution < 1.29 is 9.59 Å². The van der Waals surface area contributed by atoms with Crippen LogP contribution >= 0.6 is 0 Å². The number of carbonyl (C=O) groups is 2. The van der Waals surface area contributed by atoms with Crippen LogP contribution in [0.5, 0.6) is 0 Å². The number of amides is 1. The number of anilines is 2. The largest absolute Gasteiger partial charge is 0.326 e. The van der Waals surface area contributed by atoms with Crippen LogP contribution < -0.4 is 16.6 Å². The van der Waals surface area contributed by atoms with Gasteiger partial charge in [0, 0.05) is 23.7 Å². The zero-order valence-corrected chi connectivity index (χ0v) is 14.1. The fraction of sp³-hybridized carbons (Fsp3) is 0.263. The minimum absolute atomic E-state index is 0.141. The van der Waals surface area contributed by atoms with E-state index >= 15 is 0 Å². The molecular formula is C19H23N3O2. The van der Waals surface area contributed by atoms with E-state index in [0.29, 0.717) is 22.5 Å². The lowest BCUT2D eigenvalue weighted by atomic mass is 9.99. The van der Waals surface area contributed by atoms with E-state index in [9.17, 15) is 9.59 Å². The highest BCUT2D eigenvalue weighted by Crippen LogP contribution is 2.23. The van der Waals surface area contributed by atoms with Crippen LogP contribution in [0.3, 0.4) is 0 Å². The highest BCUT2D eigenvalue weighted by Gasteiger charge is 2.14. The smallest absolute Gasteiger partial charge is 0.221 e. The predicted octanol–water partition coefficient (Wildman–Crippen LogP) is 3.50. The Hall–Kier alpha value is -2.66. The Morgan fingerprint density at radius 1 is 1.08 bits per heavy atom. The summed E-state index contributed by atoms with van der Waals surface area (Å²) in [6.45, 7) is 3.58. The molecule has 0 heterocycles. The molecule has 0 atom stereocenters. The van der Waals surface area contributed by atoms with Gasteiger partial charge in [0.15, 0.2) is 5.78 Å². The molecule has 5 nitrogen and oxygen atoms in total. The van der Waals surface area contributed by atoms with E-state index in [0.717, 1.165) is 19.3 Å². The summed E-state index contributed by atoms with van der Waals surface area (Å²) in [7, 11) is 0. The monoisotopic (exact) mass is 325 g/mol. The molecule has 0 bridgehead atoms. The lowest BCUT2D eigenvalue weighted by molar-refractivity contribution is -0.114. The summed E-state index contributed by atoms with van der Waals surface area (Å²) in [5.41, 5.74) is 5.84. The molecule has 0 fully saturated rings. The minimum atomic E-state index is -0.192. The zero-order valence-electron chi connectivity index (χ0n) is 14.1. The summed E-state index contributed by atoms with van der Waals surface area (Å²) in [6.07, 6.45) is 3.29. The summed E-state index contributed by atoms with van der Waals surface area (Å²) in [6, 6.07) is 12.6. The molecule has 0 aliphatic heterocycles. The van der Waals surface area contributed by atoms with Crippen molar-refractivity contribution in [2.24, 2.45) is 5.84 Å². The first-order valence-corrected chi connectivity index (χ1v) is 8.07. The van der Waals surface area contributed by atoms with Gasteiger partial charge in [-0.05, 0) is 36.6 Å². The summed E-state index contributed by atoms with van der Waals surface area (Å²) >= 11 is 0. The van der Waals surface area contributed by atoms with E-state index in [-0.39, 0.29) is 11.7 Å². The van der Waals surface area contributed by atoms with Gasteiger partial charge in [-0.3, -0.25) is 15.4 Å². The number of carbonyl (C=O) groups excluding carboxylic acids is 2. The lowest BCUT2D eigenvalue weighted by Crippen LogP contribution is -2.14. The van der Waals surface area contributed by atoms with Crippen molar-refractivity contribution in [3.05, 3.63) is 59.2 Å². The molecular weight excluding hydrogens is 302 g/mol. The van der Waals surface area contributed by atoms with Gasteiger partial charge in [-0.25, -0.2) is 0 Å². The van der Waals surface area contributed by atoms with Gasteiger partial charge in [-0.2, -0.15) is 0 Å². The van der Waals surface area contributed by atoms with E-state index < -0.39 is 0 Å². The number of benzene rings is 2. The number of nitrogen functional groups attached to an aromatic ring is 1. The highest BCUT2D eigenvalue weighted by molar-refractivity contribution is 6.13. The minimum Gasteiger partial charge on any atom is -0.326 e. The Kier molecular flexibility index (Phi) is 6.09. The number of ketones is 1. The van der Waals surface area contributed by atoms with Crippen molar-refractivity contribution in [1.82, 2.24) is 0 Å². The first kappa shape index (κ1) is 17.7. The van der Waals surface area contributed by atoms with Gasteiger partial charge < -0.3 is 10.7 Å². The molecule has 1 amide bonds. The average molecular weight is 325 g/mol. The molecule has 2 aromatic carbocycles. The Balaban J connectivity index is 2.28. The first-order chi connectivity index (χ1) is 11.5. The van der Waals surface area contributed by atoms with Crippen molar-refractivity contribution in [2.75, 3.05) is 10.7 Å². The van der Waals surface area contributed by atoms with E-state index in [1.807, 2.05) is 24.3 Å². The molecule has 0 aliphatic rings. The molecule has 5 heteroatoms. The molecule has 0 saturated carbocycles. The number of nitrogens with one attached hydrogen (secondary N) is 2. The fourth-order valence-electron chi connectivity index (χ4n) is 2.50. The van der Waals surface area contributed by atoms with Crippen LogP contribution in [0.2, 0.25) is 0 Å². The Morgan fingerprint density at radius 3 is 2.38 bits per heavy atom. The van der Waals surface area contributed by atoms with Gasteiger partial charge >= 0.3 is 0 Å². The van der Waals surface area contributed by atoms with Gasteiger partial charge in [-0.15, -0.1) is 0 Å².